The molecule has 114 valence electrons. The zero-order valence-corrected chi connectivity index (χ0v) is 13.4. The van der Waals surface area contributed by atoms with E-state index in [-0.39, 0.29) is 12.4 Å². The van der Waals surface area contributed by atoms with E-state index in [0.717, 1.165) is 32.0 Å². The molecule has 0 amide bonds. The Hall–Kier alpha value is -1.37. The lowest BCUT2D eigenvalue weighted by Gasteiger charge is -2.15. The first-order valence-corrected chi connectivity index (χ1v) is 7.68. The van der Waals surface area contributed by atoms with E-state index in [9.17, 15) is 0 Å². The van der Waals surface area contributed by atoms with E-state index in [2.05, 4.69) is 20.2 Å². The van der Waals surface area contributed by atoms with Crippen molar-refractivity contribution in [1.29, 1.82) is 0 Å². The van der Waals surface area contributed by atoms with Gasteiger partial charge in [0.05, 0.1) is 0 Å². The van der Waals surface area contributed by atoms with Crippen molar-refractivity contribution in [2.45, 2.75) is 13.0 Å². The maximum Gasteiger partial charge on any atom is 0.180 e. The molecule has 0 aliphatic carbocycles. The van der Waals surface area contributed by atoms with Crippen LogP contribution in [0.15, 0.2) is 30.6 Å². The highest BCUT2D eigenvalue weighted by molar-refractivity contribution is 7.15. The van der Waals surface area contributed by atoms with Crippen molar-refractivity contribution in [3.63, 3.8) is 0 Å². The van der Waals surface area contributed by atoms with Gasteiger partial charge in [-0.1, -0.05) is 6.07 Å². The summed E-state index contributed by atoms with van der Waals surface area (Å²) in [5.74, 6) is 1.64. The predicted octanol–water partition coefficient (Wildman–Crippen LogP) is 2.48. The molecule has 1 fully saturated rings. The number of aromatic nitrogens is 2. The molecule has 0 aromatic carbocycles. The number of hydrogen-bond acceptors (Lipinski definition) is 6. The van der Waals surface area contributed by atoms with Gasteiger partial charge < -0.3 is 11.1 Å². The fourth-order valence-corrected chi connectivity index (χ4v) is 3.28. The molecule has 0 saturated carbocycles. The molecule has 3 rings (SSSR count). The van der Waals surface area contributed by atoms with Gasteiger partial charge in [0.25, 0.3) is 0 Å². The summed E-state index contributed by atoms with van der Waals surface area (Å²) in [6.45, 7) is 4.22. The number of hydrogen-bond donors (Lipinski definition) is 2. The summed E-state index contributed by atoms with van der Waals surface area (Å²) >= 11 is 1.59. The number of nitrogens with two attached hydrogens (primary N) is 1. The van der Waals surface area contributed by atoms with Gasteiger partial charge in [-0.2, -0.15) is 0 Å². The number of nitrogens with zero attached hydrogens (tertiary/aromatic N) is 3. The van der Waals surface area contributed by atoms with Crippen LogP contribution in [0.25, 0.3) is 0 Å². The highest BCUT2D eigenvalue weighted by Crippen LogP contribution is 2.22. The Kier molecular flexibility index (Phi) is 5.78. The molecule has 0 spiro atoms. The summed E-state index contributed by atoms with van der Waals surface area (Å²) in [6, 6.07) is 5.94. The maximum absolute atomic E-state index is 5.66. The Morgan fingerprint density at radius 2 is 2.29 bits per heavy atom. The number of pyridine rings is 1. The minimum atomic E-state index is 0. The Labute approximate surface area is 135 Å². The van der Waals surface area contributed by atoms with Crippen LogP contribution in [-0.4, -0.2) is 34.5 Å². The van der Waals surface area contributed by atoms with Gasteiger partial charge in [0.2, 0.25) is 0 Å². The van der Waals surface area contributed by atoms with Crippen LogP contribution in [0.4, 0.5) is 10.9 Å². The van der Waals surface area contributed by atoms with Crippen LogP contribution in [-0.2, 0) is 6.54 Å². The minimum Gasteiger partial charge on any atom is -0.375 e. The first-order valence-electron chi connectivity index (χ1n) is 6.87. The van der Waals surface area contributed by atoms with Gasteiger partial charge in [-0.15, -0.1) is 23.7 Å². The molecule has 21 heavy (non-hydrogen) atoms. The zero-order valence-electron chi connectivity index (χ0n) is 11.7. The lowest BCUT2D eigenvalue weighted by Crippen LogP contribution is -2.22. The monoisotopic (exact) mass is 325 g/mol. The summed E-state index contributed by atoms with van der Waals surface area (Å²) in [6.07, 6.45) is 4.94. The Balaban J connectivity index is 0.00000161. The summed E-state index contributed by atoms with van der Waals surface area (Å²) < 4.78 is 0. The van der Waals surface area contributed by atoms with E-state index in [1.165, 1.54) is 11.3 Å². The number of nitrogen functional groups attached to an aromatic ring is 1. The van der Waals surface area contributed by atoms with Crippen LogP contribution in [0, 0.1) is 5.92 Å². The molecule has 1 unspecified atom stereocenters. The number of likely N-dealkylation sites (tertiary alicyclic amines) is 1. The van der Waals surface area contributed by atoms with Gasteiger partial charge >= 0.3 is 0 Å². The second-order valence-corrected chi connectivity index (χ2v) is 6.30. The van der Waals surface area contributed by atoms with E-state index in [1.807, 2.05) is 30.6 Å². The van der Waals surface area contributed by atoms with Crippen LogP contribution in [0.1, 0.15) is 11.3 Å². The molecule has 0 bridgehead atoms. The third-order valence-electron chi connectivity index (χ3n) is 3.56. The van der Waals surface area contributed by atoms with E-state index in [4.69, 9.17) is 5.73 Å². The van der Waals surface area contributed by atoms with E-state index < -0.39 is 0 Å². The number of nitrogens with one attached hydrogen (secondary N) is 1. The Morgan fingerprint density at radius 1 is 1.38 bits per heavy atom. The molecule has 2 aromatic rings. The van der Waals surface area contributed by atoms with Crippen LogP contribution in [0.5, 0.6) is 0 Å². The van der Waals surface area contributed by atoms with Gasteiger partial charge in [-0.3, -0.25) is 4.90 Å². The summed E-state index contributed by atoms with van der Waals surface area (Å²) in [7, 11) is 0. The normalized spacial score (nSPS) is 18.4. The molecule has 1 aliphatic rings. The molecule has 1 atom stereocenters. The summed E-state index contributed by atoms with van der Waals surface area (Å²) in [4.78, 5) is 12.1. The lowest BCUT2D eigenvalue weighted by atomic mass is 10.1. The third-order valence-corrected chi connectivity index (χ3v) is 4.37. The largest absolute Gasteiger partial charge is 0.375 e. The second-order valence-electron chi connectivity index (χ2n) is 5.15. The van der Waals surface area contributed by atoms with Crippen molar-refractivity contribution < 1.29 is 0 Å². The van der Waals surface area contributed by atoms with Crippen molar-refractivity contribution >= 4 is 34.7 Å². The van der Waals surface area contributed by atoms with Crippen molar-refractivity contribution in [1.82, 2.24) is 14.9 Å². The van der Waals surface area contributed by atoms with Crippen LogP contribution >= 0.6 is 23.7 Å². The highest BCUT2D eigenvalue weighted by Gasteiger charge is 2.22. The van der Waals surface area contributed by atoms with Crippen molar-refractivity contribution in [3.05, 3.63) is 35.5 Å². The SMILES string of the molecule is Cl.Nc1ncc(CN2CCC(CNc3ccccn3)C2)s1. The van der Waals surface area contributed by atoms with Crippen molar-refractivity contribution in [2.75, 3.05) is 30.7 Å². The van der Waals surface area contributed by atoms with Crippen LogP contribution in [0.2, 0.25) is 0 Å². The minimum absolute atomic E-state index is 0. The molecule has 1 aliphatic heterocycles. The second kappa shape index (κ2) is 7.59. The summed E-state index contributed by atoms with van der Waals surface area (Å²) in [5, 5.41) is 4.07. The molecule has 5 nitrogen and oxygen atoms in total. The molecular weight excluding hydrogens is 306 g/mol. The van der Waals surface area contributed by atoms with Gasteiger partial charge in [-0.25, -0.2) is 9.97 Å². The number of anilines is 2. The molecule has 2 aromatic heterocycles. The predicted molar refractivity (Wildman–Crippen MR) is 89.9 cm³/mol. The lowest BCUT2D eigenvalue weighted by molar-refractivity contribution is 0.321. The molecule has 7 heteroatoms. The van der Waals surface area contributed by atoms with Gasteiger partial charge in [0.1, 0.15) is 5.82 Å². The Bertz CT molecular complexity index is 547. The highest BCUT2D eigenvalue weighted by atomic mass is 35.5. The molecule has 1 saturated heterocycles. The quantitative estimate of drug-likeness (QED) is 0.884. The molecule has 3 N–H and O–H groups in total. The van der Waals surface area contributed by atoms with Crippen molar-refractivity contribution in [3.8, 4) is 0 Å². The number of thiazole rings is 1. The molecule has 3 heterocycles. The van der Waals surface area contributed by atoms with Crippen LogP contribution < -0.4 is 11.1 Å². The molecular formula is C14H20ClN5S. The zero-order chi connectivity index (χ0) is 13.8. The number of halogens is 1. The Morgan fingerprint density at radius 3 is 3.00 bits per heavy atom. The molecule has 0 radical (unpaired) electrons. The fourth-order valence-electron chi connectivity index (χ4n) is 2.56. The summed E-state index contributed by atoms with van der Waals surface area (Å²) in [5.41, 5.74) is 5.66. The van der Waals surface area contributed by atoms with Gasteiger partial charge in [0.15, 0.2) is 5.13 Å². The smallest absolute Gasteiger partial charge is 0.180 e. The number of rotatable bonds is 5. The van der Waals surface area contributed by atoms with E-state index in [0.29, 0.717) is 11.0 Å². The van der Waals surface area contributed by atoms with Gasteiger partial charge in [0, 0.05) is 36.9 Å². The first-order chi connectivity index (χ1) is 9.79. The van der Waals surface area contributed by atoms with Gasteiger partial charge in [-0.05, 0) is 31.0 Å². The standard InChI is InChI=1S/C14H19N5S.ClH/c15-14-18-8-12(20-14)10-19-6-4-11(9-19)7-17-13-3-1-2-5-16-13;/h1-3,5,8,11H,4,6-7,9-10H2,(H2,15,18)(H,16,17);1H. The van der Waals surface area contributed by atoms with Crippen LogP contribution in [0.3, 0.4) is 0 Å². The fraction of sp³-hybridized carbons (Fsp3) is 0.429. The van der Waals surface area contributed by atoms with E-state index >= 15 is 0 Å². The topological polar surface area (TPSA) is 67.1 Å². The average molecular weight is 326 g/mol. The average Bonchev–Trinajstić information content (AvgIpc) is 3.08. The third kappa shape index (κ3) is 4.56. The van der Waals surface area contributed by atoms with E-state index in [1.54, 1.807) is 11.3 Å². The van der Waals surface area contributed by atoms with Crippen molar-refractivity contribution in [2.24, 2.45) is 5.92 Å². The maximum atomic E-state index is 5.66. The first kappa shape index (κ1) is 16.0.